The fourth-order valence-corrected chi connectivity index (χ4v) is 2.41. The van der Waals surface area contributed by atoms with Crippen molar-refractivity contribution in [3.8, 4) is 0 Å². The van der Waals surface area contributed by atoms with E-state index in [1.165, 1.54) is 4.68 Å². The van der Waals surface area contributed by atoms with Crippen molar-refractivity contribution in [3.63, 3.8) is 0 Å². The molecule has 2 rings (SSSR count). The predicted octanol–water partition coefficient (Wildman–Crippen LogP) is 2.15. The highest BCUT2D eigenvalue weighted by atomic mass is 16.5. The Morgan fingerprint density at radius 1 is 1.23 bits per heavy atom. The van der Waals surface area contributed by atoms with Crippen molar-refractivity contribution >= 4 is 17.6 Å². The number of aromatic nitrogens is 2. The molecule has 0 saturated carbocycles. The molecule has 140 valence electrons. The molecule has 1 heterocycles. The molecule has 0 aliphatic carbocycles. The number of anilines is 1. The fourth-order valence-electron chi connectivity index (χ4n) is 2.41. The lowest BCUT2D eigenvalue weighted by atomic mass is 10.1. The van der Waals surface area contributed by atoms with Gasteiger partial charge in [-0.05, 0) is 25.3 Å². The summed E-state index contributed by atoms with van der Waals surface area (Å²) in [6.45, 7) is 3.74. The highest BCUT2D eigenvalue weighted by molar-refractivity contribution is 5.95. The number of benzene rings is 1. The predicted molar refractivity (Wildman–Crippen MR) is 100 cm³/mol. The third-order valence-electron chi connectivity index (χ3n) is 3.82. The molecule has 0 unspecified atom stereocenters. The zero-order valence-corrected chi connectivity index (χ0v) is 15.3. The van der Waals surface area contributed by atoms with Gasteiger partial charge >= 0.3 is 0 Å². The van der Waals surface area contributed by atoms with Crippen LogP contribution in [-0.2, 0) is 23.0 Å². The lowest BCUT2D eigenvalue weighted by Gasteiger charge is -2.05. The van der Waals surface area contributed by atoms with Gasteiger partial charge in [-0.15, -0.1) is 0 Å². The Hall–Kier alpha value is -2.67. The molecule has 0 bridgehead atoms. The second-order valence-electron chi connectivity index (χ2n) is 5.88. The summed E-state index contributed by atoms with van der Waals surface area (Å²) in [5.41, 5.74) is 1.39. The molecule has 0 atom stereocenters. The minimum absolute atomic E-state index is 0.111. The number of amides is 2. The van der Waals surface area contributed by atoms with Crippen molar-refractivity contribution in [3.05, 3.63) is 47.7 Å². The third kappa shape index (κ3) is 6.33. The number of carbonyl (C=O) groups is 2. The quantitative estimate of drug-likeness (QED) is 0.637. The molecule has 1 aromatic heterocycles. The summed E-state index contributed by atoms with van der Waals surface area (Å²) in [6, 6.07) is 11.4. The van der Waals surface area contributed by atoms with Crippen molar-refractivity contribution in [2.24, 2.45) is 7.05 Å². The second-order valence-corrected chi connectivity index (χ2v) is 5.88. The van der Waals surface area contributed by atoms with E-state index < -0.39 is 0 Å². The van der Waals surface area contributed by atoms with E-state index in [0.29, 0.717) is 38.4 Å². The summed E-state index contributed by atoms with van der Waals surface area (Å²) in [7, 11) is 1.69. The van der Waals surface area contributed by atoms with E-state index in [-0.39, 0.29) is 17.5 Å². The van der Waals surface area contributed by atoms with Crippen LogP contribution in [0.5, 0.6) is 0 Å². The first-order chi connectivity index (χ1) is 12.6. The van der Waals surface area contributed by atoms with Crippen molar-refractivity contribution in [2.45, 2.75) is 26.2 Å². The molecule has 7 nitrogen and oxygen atoms in total. The van der Waals surface area contributed by atoms with E-state index in [1.54, 1.807) is 13.1 Å². The number of hydrogen-bond acceptors (Lipinski definition) is 4. The van der Waals surface area contributed by atoms with Gasteiger partial charge in [-0.2, -0.15) is 5.10 Å². The van der Waals surface area contributed by atoms with E-state index in [1.807, 2.05) is 37.3 Å². The maximum atomic E-state index is 12.1. The van der Waals surface area contributed by atoms with Gasteiger partial charge in [0.15, 0.2) is 5.69 Å². The zero-order valence-electron chi connectivity index (χ0n) is 15.3. The number of nitrogens with one attached hydrogen (secondary N) is 2. The normalized spacial score (nSPS) is 10.5. The molecule has 2 N–H and O–H groups in total. The lowest BCUT2D eigenvalue weighted by Crippen LogP contribution is -2.25. The molecule has 0 radical (unpaired) electrons. The number of aryl methyl sites for hydroxylation is 2. The summed E-state index contributed by atoms with van der Waals surface area (Å²) in [5, 5.41) is 9.75. The molecule has 26 heavy (non-hydrogen) atoms. The first-order valence-corrected chi connectivity index (χ1v) is 8.84. The first-order valence-electron chi connectivity index (χ1n) is 8.84. The Morgan fingerprint density at radius 3 is 2.73 bits per heavy atom. The van der Waals surface area contributed by atoms with Crippen LogP contribution in [0, 0.1) is 0 Å². The average molecular weight is 358 g/mol. The zero-order chi connectivity index (χ0) is 18.8. The number of nitrogens with zero attached hydrogens (tertiary/aromatic N) is 2. The average Bonchev–Trinajstić information content (AvgIpc) is 3.01. The van der Waals surface area contributed by atoms with Gasteiger partial charge in [0, 0.05) is 39.3 Å². The smallest absolute Gasteiger partial charge is 0.271 e. The second kappa shape index (κ2) is 10.4. The maximum absolute atomic E-state index is 12.1. The third-order valence-corrected chi connectivity index (χ3v) is 3.82. The Balaban J connectivity index is 1.81. The summed E-state index contributed by atoms with van der Waals surface area (Å²) in [5.74, 6) is 0.130. The van der Waals surface area contributed by atoms with Gasteiger partial charge in [0.2, 0.25) is 5.91 Å². The van der Waals surface area contributed by atoms with Gasteiger partial charge in [-0.1, -0.05) is 30.3 Å². The molecule has 2 amide bonds. The summed E-state index contributed by atoms with van der Waals surface area (Å²) in [6.07, 6.45) is 1.78. The fraction of sp³-hybridized carbons (Fsp3) is 0.421. The molecule has 0 fully saturated rings. The van der Waals surface area contributed by atoms with Gasteiger partial charge in [0.25, 0.3) is 5.91 Å². The SMILES string of the molecule is CCOCCCNC(=O)c1cc(NC(=O)CCc2ccccc2)n(C)n1. The van der Waals surface area contributed by atoms with Crippen molar-refractivity contribution < 1.29 is 14.3 Å². The Bertz CT molecular complexity index is 713. The van der Waals surface area contributed by atoms with E-state index >= 15 is 0 Å². The van der Waals surface area contributed by atoms with Crippen LogP contribution in [0.1, 0.15) is 35.8 Å². The van der Waals surface area contributed by atoms with Gasteiger partial charge < -0.3 is 15.4 Å². The largest absolute Gasteiger partial charge is 0.382 e. The lowest BCUT2D eigenvalue weighted by molar-refractivity contribution is -0.116. The van der Waals surface area contributed by atoms with E-state index in [0.717, 1.165) is 12.0 Å². The Labute approximate surface area is 153 Å². The summed E-state index contributed by atoms with van der Waals surface area (Å²) in [4.78, 5) is 24.2. The van der Waals surface area contributed by atoms with E-state index in [4.69, 9.17) is 4.74 Å². The summed E-state index contributed by atoms with van der Waals surface area (Å²) >= 11 is 0. The van der Waals surface area contributed by atoms with Gasteiger partial charge in [-0.3, -0.25) is 14.3 Å². The van der Waals surface area contributed by atoms with E-state index in [9.17, 15) is 9.59 Å². The van der Waals surface area contributed by atoms with Crippen molar-refractivity contribution in [2.75, 3.05) is 25.1 Å². The van der Waals surface area contributed by atoms with Gasteiger partial charge in [0.05, 0.1) is 0 Å². The van der Waals surface area contributed by atoms with Crippen molar-refractivity contribution in [1.82, 2.24) is 15.1 Å². The standard InChI is InChI=1S/C19H26N4O3/c1-3-26-13-7-12-20-19(25)16-14-17(23(2)22-16)21-18(24)11-10-15-8-5-4-6-9-15/h4-6,8-9,14H,3,7,10-13H2,1-2H3,(H,20,25)(H,21,24). The van der Waals surface area contributed by atoms with Crippen molar-refractivity contribution in [1.29, 1.82) is 0 Å². The van der Waals surface area contributed by atoms with Crippen LogP contribution in [0.2, 0.25) is 0 Å². The van der Waals surface area contributed by atoms with E-state index in [2.05, 4.69) is 15.7 Å². The van der Waals surface area contributed by atoms with Crippen LogP contribution in [-0.4, -0.2) is 41.4 Å². The van der Waals surface area contributed by atoms with Crippen LogP contribution < -0.4 is 10.6 Å². The highest BCUT2D eigenvalue weighted by Crippen LogP contribution is 2.11. The molecule has 0 saturated heterocycles. The number of rotatable bonds is 10. The number of ether oxygens (including phenoxy) is 1. The molecule has 0 spiro atoms. The Morgan fingerprint density at radius 2 is 2.00 bits per heavy atom. The van der Waals surface area contributed by atoms with Crippen LogP contribution in [0.3, 0.4) is 0 Å². The minimum atomic E-state index is -0.262. The van der Waals surface area contributed by atoms with Crippen LogP contribution >= 0.6 is 0 Å². The van der Waals surface area contributed by atoms with Crippen LogP contribution in [0.25, 0.3) is 0 Å². The topological polar surface area (TPSA) is 85.3 Å². The summed E-state index contributed by atoms with van der Waals surface area (Å²) < 4.78 is 6.72. The van der Waals surface area contributed by atoms with Crippen LogP contribution in [0.15, 0.2) is 36.4 Å². The molecule has 0 aliphatic rings. The monoisotopic (exact) mass is 358 g/mol. The molecular formula is C19H26N4O3. The van der Waals surface area contributed by atoms with Gasteiger partial charge in [0.1, 0.15) is 5.82 Å². The highest BCUT2D eigenvalue weighted by Gasteiger charge is 2.14. The molecule has 7 heteroatoms. The van der Waals surface area contributed by atoms with Crippen LogP contribution in [0.4, 0.5) is 5.82 Å². The molecule has 1 aromatic carbocycles. The minimum Gasteiger partial charge on any atom is -0.382 e. The number of hydrogen-bond donors (Lipinski definition) is 2. The molecular weight excluding hydrogens is 332 g/mol. The Kier molecular flexibility index (Phi) is 7.82. The molecule has 2 aromatic rings. The number of carbonyl (C=O) groups excluding carboxylic acids is 2. The molecule has 0 aliphatic heterocycles. The van der Waals surface area contributed by atoms with Gasteiger partial charge in [-0.25, -0.2) is 0 Å². The maximum Gasteiger partial charge on any atom is 0.271 e. The first kappa shape index (κ1) is 19.7.